The van der Waals surface area contributed by atoms with E-state index < -0.39 is 0 Å². The highest BCUT2D eigenvalue weighted by Gasteiger charge is 2.07. The number of carbonyl (C=O) groups is 1. The Bertz CT molecular complexity index is 370. The van der Waals surface area contributed by atoms with E-state index in [1.54, 1.807) is 19.2 Å². The maximum Gasteiger partial charge on any atom is 0.251 e. The topological polar surface area (TPSA) is 50.4 Å². The Hall–Kier alpha value is -1.26. The van der Waals surface area contributed by atoms with Gasteiger partial charge in [0, 0.05) is 18.7 Å². The third-order valence-corrected chi connectivity index (χ3v) is 2.33. The molecule has 96 valence electrons. The summed E-state index contributed by atoms with van der Waals surface area (Å²) in [6.45, 7) is 3.32. The van der Waals surface area contributed by atoms with E-state index in [0.29, 0.717) is 12.1 Å². The first-order valence-corrected chi connectivity index (χ1v) is 5.26. The van der Waals surface area contributed by atoms with Crippen LogP contribution in [0.2, 0.25) is 0 Å². The van der Waals surface area contributed by atoms with Gasteiger partial charge in [-0.05, 0) is 31.7 Å². The number of nitrogens with one attached hydrogen (secondary N) is 2. The van der Waals surface area contributed by atoms with Crippen molar-refractivity contribution < 1.29 is 9.53 Å². The molecule has 0 bridgehead atoms. The van der Waals surface area contributed by atoms with Crippen LogP contribution >= 0.6 is 12.4 Å². The van der Waals surface area contributed by atoms with Crippen molar-refractivity contribution in [2.45, 2.75) is 6.92 Å². The van der Waals surface area contributed by atoms with Gasteiger partial charge in [0.15, 0.2) is 0 Å². The predicted octanol–water partition coefficient (Wildman–Crippen LogP) is 1.37. The van der Waals surface area contributed by atoms with Gasteiger partial charge in [0.1, 0.15) is 5.75 Å². The highest BCUT2D eigenvalue weighted by molar-refractivity contribution is 5.94. The van der Waals surface area contributed by atoms with Gasteiger partial charge in [-0.15, -0.1) is 12.4 Å². The Kier molecular flexibility index (Phi) is 7.34. The molecule has 1 aromatic carbocycles. The molecule has 0 unspecified atom stereocenters. The Morgan fingerprint density at radius 3 is 2.65 bits per heavy atom. The van der Waals surface area contributed by atoms with Crippen molar-refractivity contribution in [1.29, 1.82) is 0 Å². The second-order valence-electron chi connectivity index (χ2n) is 3.54. The van der Waals surface area contributed by atoms with Gasteiger partial charge in [0.25, 0.3) is 5.91 Å². The number of hydrogen-bond acceptors (Lipinski definition) is 3. The molecular weight excluding hydrogens is 240 g/mol. The van der Waals surface area contributed by atoms with Crippen molar-refractivity contribution in [3.63, 3.8) is 0 Å². The second kappa shape index (κ2) is 7.92. The Labute approximate surface area is 108 Å². The lowest BCUT2D eigenvalue weighted by molar-refractivity contribution is 0.0954. The van der Waals surface area contributed by atoms with Crippen molar-refractivity contribution in [2.24, 2.45) is 0 Å². The minimum atomic E-state index is -0.0754. The monoisotopic (exact) mass is 258 g/mol. The van der Waals surface area contributed by atoms with Crippen molar-refractivity contribution in [2.75, 3.05) is 27.2 Å². The van der Waals surface area contributed by atoms with Gasteiger partial charge in [-0.25, -0.2) is 0 Å². The number of likely N-dealkylation sites (N-methyl/N-ethyl adjacent to an activating group) is 1. The number of ether oxygens (including phenoxy) is 1. The van der Waals surface area contributed by atoms with Gasteiger partial charge >= 0.3 is 0 Å². The number of amides is 1. The predicted molar refractivity (Wildman–Crippen MR) is 71.2 cm³/mol. The third-order valence-electron chi connectivity index (χ3n) is 2.33. The maximum absolute atomic E-state index is 11.7. The molecular formula is C12H19ClN2O2. The summed E-state index contributed by atoms with van der Waals surface area (Å²) in [6, 6.07) is 5.43. The molecule has 1 aromatic rings. The molecule has 0 aliphatic carbocycles. The van der Waals surface area contributed by atoms with Crippen LogP contribution in [-0.4, -0.2) is 33.2 Å². The zero-order valence-electron chi connectivity index (χ0n) is 10.4. The first-order chi connectivity index (χ1) is 7.69. The second-order valence-corrected chi connectivity index (χ2v) is 3.54. The highest BCUT2D eigenvalue weighted by Crippen LogP contribution is 2.18. The quantitative estimate of drug-likeness (QED) is 0.785. The first-order valence-electron chi connectivity index (χ1n) is 5.26. The van der Waals surface area contributed by atoms with Gasteiger partial charge < -0.3 is 15.4 Å². The van der Waals surface area contributed by atoms with Crippen LogP contribution in [-0.2, 0) is 0 Å². The molecule has 0 aromatic heterocycles. The Balaban J connectivity index is 0.00000256. The van der Waals surface area contributed by atoms with Crippen LogP contribution in [0.25, 0.3) is 0 Å². The summed E-state index contributed by atoms with van der Waals surface area (Å²) in [5.74, 6) is 0.662. The molecule has 0 spiro atoms. The number of benzene rings is 1. The first kappa shape index (κ1) is 15.7. The fourth-order valence-corrected chi connectivity index (χ4v) is 1.36. The van der Waals surface area contributed by atoms with Crippen molar-refractivity contribution in [3.8, 4) is 5.75 Å². The number of rotatable bonds is 5. The van der Waals surface area contributed by atoms with E-state index in [-0.39, 0.29) is 18.3 Å². The van der Waals surface area contributed by atoms with Gasteiger partial charge in [0.2, 0.25) is 0 Å². The third kappa shape index (κ3) is 4.63. The molecule has 1 rings (SSSR count). The minimum Gasteiger partial charge on any atom is -0.496 e. The summed E-state index contributed by atoms with van der Waals surface area (Å²) < 4.78 is 5.17. The summed E-state index contributed by atoms with van der Waals surface area (Å²) in [5, 5.41) is 5.78. The number of aryl methyl sites for hydroxylation is 1. The molecule has 0 heterocycles. The molecule has 0 atom stereocenters. The molecule has 0 aliphatic heterocycles. The number of carbonyl (C=O) groups excluding carboxylic acids is 1. The lowest BCUT2D eigenvalue weighted by Crippen LogP contribution is -2.30. The summed E-state index contributed by atoms with van der Waals surface area (Å²) in [6.07, 6.45) is 0. The molecule has 4 nitrogen and oxygen atoms in total. The van der Waals surface area contributed by atoms with Crippen LogP contribution in [0.4, 0.5) is 0 Å². The summed E-state index contributed by atoms with van der Waals surface area (Å²) in [5.41, 5.74) is 1.65. The van der Waals surface area contributed by atoms with Crippen LogP contribution in [0.1, 0.15) is 15.9 Å². The Morgan fingerprint density at radius 1 is 1.35 bits per heavy atom. The van der Waals surface area contributed by atoms with E-state index in [2.05, 4.69) is 10.6 Å². The fourth-order valence-electron chi connectivity index (χ4n) is 1.36. The van der Waals surface area contributed by atoms with E-state index in [9.17, 15) is 4.79 Å². The van der Waals surface area contributed by atoms with Gasteiger partial charge in [-0.1, -0.05) is 6.07 Å². The number of methoxy groups -OCH3 is 1. The smallest absolute Gasteiger partial charge is 0.251 e. The molecule has 5 heteroatoms. The summed E-state index contributed by atoms with van der Waals surface area (Å²) in [7, 11) is 3.45. The maximum atomic E-state index is 11.7. The molecule has 0 saturated heterocycles. The van der Waals surface area contributed by atoms with Crippen LogP contribution in [0.15, 0.2) is 18.2 Å². The minimum absolute atomic E-state index is 0. The van der Waals surface area contributed by atoms with Crippen LogP contribution in [0, 0.1) is 6.92 Å². The molecule has 0 fully saturated rings. The van der Waals surface area contributed by atoms with Gasteiger partial charge in [0.05, 0.1) is 7.11 Å². The van der Waals surface area contributed by atoms with E-state index in [1.807, 2.05) is 20.0 Å². The Morgan fingerprint density at radius 2 is 2.06 bits per heavy atom. The zero-order valence-corrected chi connectivity index (χ0v) is 11.2. The van der Waals surface area contributed by atoms with E-state index >= 15 is 0 Å². The standard InChI is InChI=1S/C12H18N2O2.ClH/c1-9-4-5-10(8-11(9)16-3)12(15)14-7-6-13-2;/h4-5,8,13H,6-7H2,1-3H3,(H,14,15);1H. The van der Waals surface area contributed by atoms with Gasteiger partial charge in [-0.2, -0.15) is 0 Å². The van der Waals surface area contributed by atoms with Gasteiger partial charge in [-0.3, -0.25) is 4.79 Å². The fraction of sp³-hybridized carbons (Fsp3) is 0.417. The molecule has 2 N–H and O–H groups in total. The van der Waals surface area contributed by atoms with Crippen molar-refractivity contribution >= 4 is 18.3 Å². The lowest BCUT2D eigenvalue weighted by Gasteiger charge is -2.08. The summed E-state index contributed by atoms with van der Waals surface area (Å²) >= 11 is 0. The molecule has 1 amide bonds. The SMILES string of the molecule is CNCCNC(=O)c1ccc(C)c(OC)c1.Cl. The largest absolute Gasteiger partial charge is 0.496 e. The molecule has 0 aliphatic rings. The van der Waals surface area contributed by atoms with E-state index in [0.717, 1.165) is 17.9 Å². The molecule has 17 heavy (non-hydrogen) atoms. The summed E-state index contributed by atoms with van der Waals surface area (Å²) in [4.78, 5) is 11.7. The van der Waals surface area contributed by atoms with Crippen molar-refractivity contribution in [1.82, 2.24) is 10.6 Å². The average molecular weight is 259 g/mol. The zero-order chi connectivity index (χ0) is 12.0. The molecule has 0 saturated carbocycles. The highest BCUT2D eigenvalue weighted by atomic mass is 35.5. The van der Waals surface area contributed by atoms with Crippen LogP contribution in [0.5, 0.6) is 5.75 Å². The van der Waals surface area contributed by atoms with E-state index in [4.69, 9.17) is 4.74 Å². The van der Waals surface area contributed by atoms with E-state index in [1.165, 1.54) is 0 Å². The lowest BCUT2D eigenvalue weighted by atomic mass is 10.1. The number of hydrogen-bond donors (Lipinski definition) is 2. The normalized spacial score (nSPS) is 9.35. The number of halogens is 1. The van der Waals surface area contributed by atoms with Crippen molar-refractivity contribution in [3.05, 3.63) is 29.3 Å². The van der Waals surface area contributed by atoms with Crippen LogP contribution < -0.4 is 15.4 Å². The van der Waals surface area contributed by atoms with Crippen LogP contribution in [0.3, 0.4) is 0 Å². The average Bonchev–Trinajstić information content (AvgIpc) is 2.30. The molecule has 0 radical (unpaired) electrons.